The van der Waals surface area contributed by atoms with Crippen LogP contribution in [-0.4, -0.2) is 18.6 Å². The molecule has 0 amide bonds. The van der Waals surface area contributed by atoms with Gasteiger partial charge in [-0.05, 0) is 56.9 Å². The number of nitrogens with zero attached hydrogens (tertiary/aromatic N) is 1. The molecule has 2 rings (SSSR count). The van der Waals surface area contributed by atoms with E-state index in [1.54, 1.807) is 5.56 Å². The molecule has 1 heterocycles. The minimum absolute atomic E-state index is 0. The van der Waals surface area contributed by atoms with Gasteiger partial charge in [0.25, 0.3) is 0 Å². The largest absolute Gasteiger partial charge is 0.383 e. The minimum Gasteiger partial charge on any atom is -0.383 e. The second-order valence-electron chi connectivity index (χ2n) is 9.79. The zero-order valence-electron chi connectivity index (χ0n) is 21.5. The Morgan fingerprint density at radius 3 is 1.97 bits per heavy atom. The summed E-state index contributed by atoms with van der Waals surface area (Å²) in [6, 6.07) is 8.35. The van der Waals surface area contributed by atoms with Gasteiger partial charge >= 0.3 is 0 Å². The van der Waals surface area contributed by atoms with Crippen LogP contribution >= 0.6 is 24.8 Å². The van der Waals surface area contributed by atoms with E-state index < -0.39 is 0 Å². The minimum atomic E-state index is 0. The van der Waals surface area contributed by atoms with Crippen molar-refractivity contribution in [3.05, 3.63) is 23.8 Å². The topological polar surface area (TPSA) is 15.3 Å². The molecule has 1 aromatic carbocycles. The van der Waals surface area contributed by atoms with Gasteiger partial charge in [0, 0.05) is 30.0 Å². The molecule has 0 aliphatic carbocycles. The van der Waals surface area contributed by atoms with Crippen molar-refractivity contribution in [3.8, 4) is 0 Å². The van der Waals surface area contributed by atoms with Gasteiger partial charge in [-0.2, -0.15) is 0 Å². The zero-order chi connectivity index (χ0) is 21.6. The average molecular weight is 488 g/mol. The van der Waals surface area contributed by atoms with Gasteiger partial charge < -0.3 is 10.2 Å². The Morgan fingerprint density at radius 1 is 0.781 bits per heavy atom. The van der Waals surface area contributed by atoms with Crippen molar-refractivity contribution in [2.24, 2.45) is 0 Å². The van der Waals surface area contributed by atoms with Gasteiger partial charge in [-0.25, -0.2) is 0 Å². The van der Waals surface area contributed by atoms with Crippen LogP contribution in [0.3, 0.4) is 0 Å². The fourth-order valence-electron chi connectivity index (χ4n) is 4.94. The molecule has 0 bridgehead atoms. The Bertz CT molecular complexity index is 579. The maximum absolute atomic E-state index is 3.76. The van der Waals surface area contributed by atoms with Crippen LogP contribution in [0.1, 0.15) is 123 Å². The molecule has 2 atom stereocenters. The zero-order valence-corrected chi connectivity index (χ0v) is 23.1. The molecule has 0 fully saturated rings. The number of halogens is 2. The number of rotatable bonds is 17. The summed E-state index contributed by atoms with van der Waals surface area (Å²) in [6.45, 7) is 10.6. The maximum atomic E-state index is 3.76. The third-order valence-corrected chi connectivity index (χ3v) is 6.92. The lowest BCUT2D eigenvalue weighted by Crippen LogP contribution is -2.31. The van der Waals surface area contributed by atoms with Gasteiger partial charge in [0.15, 0.2) is 0 Å². The first-order chi connectivity index (χ1) is 14.7. The van der Waals surface area contributed by atoms with Crippen LogP contribution in [-0.2, 0) is 6.42 Å². The molecule has 1 aliphatic heterocycles. The fraction of sp³-hybridized carbons (Fsp3) is 0.786. The van der Waals surface area contributed by atoms with Crippen molar-refractivity contribution >= 4 is 36.2 Å². The van der Waals surface area contributed by atoms with Crippen LogP contribution in [0.15, 0.2) is 18.2 Å². The van der Waals surface area contributed by atoms with Gasteiger partial charge in [-0.15, -0.1) is 24.8 Å². The molecule has 0 aromatic heterocycles. The monoisotopic (exact) mass is 486 g/mol. The third-order valence-electron chi connectivity index (χ3n) is 6.92. The first-order valence-corrected chi connectivity index (χ1v) is 13.3. The number of anilines is 2. The highest BCUT2D eigenvalue weighted by atomic mass is 35.5. The second kappa shape index (κ2) is 18.8. The van der Waals surface area contributed by atoms with Crippen molar-refractivity contribution in [1.82, 2.24) is 0 Å². The van der Waals surface area contributed by atoms with Crippen LogP contribution in [0.25, 0.3) is 0 Å². The molecule has 188 valence electrons. The van der Waals surface area contributed by atoms with Gasteiger partial charge in [0.05, 0.1) is 0 Å². The predicted octanol–water partition coefficient (Wildman–Crippen LogP) is 9.58. The molecule has 0 saturated heterocycles. The molecule has 0 saturated carbocycles. The van der Waals surface area contributed by atoms with Gasteiger partial charge in [-0.1, -0.05) is 90.9 Å². The Hall–Kier alpha value is -0.600. The van der Waals surface area contributed by atoms with Crippen molar-refractivity contribution in [2.45, 2.75) is 136 Å². The lowest BCUT2D eigenvalue weighted by Gasteiger charge is -2.27. The molecule has 1 aromatic rings. The van der Waals surface area contributed by atoms with Crippen LogP contribution in [0, 0.1) is 0 Å². The summed E-state index contributed by atoms with van der Waals surface area (Å²) in [5.41, 5.74) is 4.35. The summed E-state index contributed by atoms with van der Waals surface area (Å²) in [4.78, 5) is 2.66. The summed E-state index contributed by atoms with van der Waals surface area (Å²) in [6.07, 6.45) is 20.5. The van der Waals surface area contributed by atoms with Crippen molar-refractivity contribution in [3.63, 3.8) is 0 Å². The van der Waals surface area contributed by atoms with Crippen LogP contribution in [0.2, 0.25) is 0 Å². The summed E-state index contributed by atoms with van der Waals surface area (Å²) in [5, 5.41) is 3.76. The van der Waals surface area contributed by atoms with E-state index in [-0.39, 0.29) is 24.8 Å². The molecule has 2 unspecified atom stereocenters. The van der Waals surface area contributed by atoms with E-state index >= 15 is 0 Å². The fourth-order valence-corrected chi connectivity index (χ4v) is 4.94. The maximum Gasteiger partial charge on any atom is 0.0403 e. The van der Waals surface area contributed by atoms with Crippen LogP contribution in [0.5, 0.6) is 0 Å². The van der Waals surface area contributed by atoms with Gasteiger partial charge in [-0.3, -0.25) is 0 Å². The van der Waals surface area contributed by atoms with E-state index in [1.807, 2.05) is 0 Å². The van der Waals surface area contributed by atoms with E-state index in [2.05, 4.69) is 56.1 Å². The molecule has 4 heteroatoms. The van der Waals surface area contributed by atoms with Gasteiger partial charge in [0.2, 0.25) is 0 Å². The Labute approximate surface area is 212 Å². The molecule has 2 nitrogen and oxygen atoms in total. The van der Waals surface area contributed by atoms with Crippen molar-refractivity contribution in [2.75, 3.05) is 16.8 Å². The van der Waals surface area contributed by atoms with E-state index in [9.17, 15) is 0 Å². The molecule has 1 N–H and O–H groups in total. The quantitative estimate of drug-likeness (QED) is 0.220. The molecule has 0 spiro atoms. The lowest BCUT2D eigenvalue weighted by molar-refractivity contribution is 0.532. The van der Waals surface area contributed by atoms with E-state index in [1.165, 1.54) is 114 Å². The van der Waals surface area contributed by atoms with Gasteiger partial charge in [0.1, 0.15) is 0 Å². The molecular weight excluding hydrogens is 435 g/mol. The second-order valence-corrected chi connectivity index (χ2v) is 9.79. The number of benzene rings is 1. The summed E-state index contributed by atoms with van der Waals surface area (Å²) in [5.74, 6) is 0. The van der Waals surface area contributed by atoms with Crippen LogP contribution < -0.4 is 10.2 Å². The first kappa shape index (κ1) is 31.4. The molecule has 32 heavy (non-hydrogen) atoms. The molecular formula is C28H52Cl2N2. The smallest absolute Gasteiger partial charge is 0.0403 e. The number of fused-ring (bicyclic) bond motifs is 1. The SMILES string of the molecule is CCCCCCCCC(C)Nc1ccc2c(c1)CCN2C(C)CCCCCCCC.Cl.Cl. The highest BCUT2D eigenvalue weighted by Gasteiger charge is 2.23. The van der Waals surface area contributed by atoms with E-state index in [0.29, 0.717) is 12.1 Å². The van der Waals surface area contributed by atoms with Crippen molar-refractivity contribution in [1.29, 1.82) is 0 Å². The highest BCUT2D eigenvalue weighted by Crippen LogP contribution is 2.33. The number of hydrogen-bond acceptors (Lipinski definition) is 2. The standard InChI is InChI=1S/C28H50N2.2ClH/c1-5-7-9-11-13-15-17-24(3)29-27-19-20-28-26(23-27)21-22-30(28)25(4)18-16-14-12-10-8-6-2;;/h19-20,23-25,29H,5-18,21-22H2,1-4H3;2*1H. The highest BCUT2D eigenvalue weighted by molar-refractivity contribution is 5.85. The van der Waals surface area contributed by atoms with Crippen LogP contribution in [0.4, 0.5) is 11.4 Å². The summed E-state index contributed by atoms with van der Waals surface area (Å²) < 4.78 is 0. The van der Waals surface area contributed by atoms with E-state index in [4.69, 9.17) is 0 Å². The van der Waals surface area contributed by atoms with Crippen molar-refractivity contribution < 1.29 is 0 Å². The number of nitrogens with one attached hydrogen (secondary N) is 1. The first-order valence-electron chi connectivity index (χ1n) is 13.3. The molecule has 1 aliphatic rings. The Balaban J connectivity index is 0.00000480. The normalized spacial score (nSPS) is 14.3. The summed E-state index contributed by atoms with van der Waals surface area (Å²) in [7, 11) is 0. The number of hydrogen-bond donors (Lipinski definition) is 1. The third kappa shape index (κ3) is 11.5. The Morgan fingerprint density at radius 2 is 1.34 bits per heavy atom. The Kier molecular flexibility index (Phi) is 18.4. The lowest BCUT2D eigenvalue weighted by atomic mass is 10.0. The summed E-state index contributed by atoms with van der Waals surface area (Å²) >= 11 is 0. The predicted molar refractivity (Wildman–Crippen MR) is 151 cm³/mol. The average Bonchev–Trinajstić information content (AvgIpc) is 3.16. The van der Waals surface area contributed by atoms with E-state index in [0.717, 1.165) is 0 Å². The number of unbranched alkanes of at least 4 members (excludes halogenated alkanes) is 10. The molecule has 0 radical (unpaired) electrons.